The molecule has 0 aromatic rings. The molecule has 0 aromatic carbocycles. The van der Waals surface area contributed by atoms with Gasteiger partial charge in [-0.2, -0.15) is 0 Å². The highest BCUT2D eigenvalue weighted by Crippen LogP contribution is 2.02. The van der Waals surface area contributed by atoms with Crippen LogP contribution in [0.5, 0.6) is 0 Å². The molecule has 0 saturated heterocycles. The standard InChI is InChI=1S/C10H19NO3.C7H15NO2.C3H5ClO/c1-2-9(12)11-8-6-4-3-5-7-10(13)14;8-6-4-2-1-3-5-7(9)10;1-2-3(4)5/h2-8H2,1H3,(H,11,12)(H,13,14);1-6,8H2,(H,9,10);2H2,1H3. The van der Waals surface area contributed by atoms with Crippen LogP contribution in [0.25, 0.3) is 0 Å². The maximum Gasteiger partial charge on any atom is 0.303 e. The fourth-order valence-electron chi connectivity index (χ4n) is 1.88. The van der Waals surface area contributed by atoms with Crippen molar-refractivity contribution in [2.45, 2.75) is 90.9 Å². The summed E-state index contributed by atoms with van der Waals surface area (Å²) in [5, 5.41) is 19.1. The Balaban J connectivity index is -0.000000392. The van der Waals surface area contributed by atoms with Crippen molar-refractivity contribution in [3.05, 3.63) is 0 Å². The summed E-state index contributed by atoms with van der Waals surface area (Å²) >= 11 is 4.82. The summed E-state index contributed by atoms with van der Waals surface area (Å²) in [6.45, 7) is 4.96. The first-order valence-electron chi connectivity index (χ1n) is 10.3. The molecule has 9 heteroatoms. The van der Waals surface area contributed by atoms with E-state index in [1.165, 1.54) is 0 Å². The summed E-state index contributed by atoms with van der Waals surface area (Å²) in [5.41, 5.74) is 5.25. The van der Waals surface area contributed by atoms with E-state index in [2.05, 4.69) is 5.32 Å². The van der Waals surface area contributed by atoms with Crippen LogP contribution in [0.1, 0.15) is 90.9 Å². The lowest BCUT2D eigenvalue weighted by Crippen LogP contribution is -2.23. The molecule has 0 fully saturated rings. The van der Waals surface area contributed by atoms with Crippen molar-refractivity contribution in [2.24, 2.45) is 5.73 Å². The van der Waals surface area contributed by atoms with Crippen molar-refractivity contribution in [3.63, 3.8) is 0 Å². The number of carbonyl (C=O) groups is 4. The molecule has 0 heterocycles. The molecular weight excluding hydrogens is 400 g/mol. The molecule has 1 amide bonds. The number of carbonyl (C=O) groups excluding carboxylic acids is 2. The summed E-state index contributed by atoms with van der Waals surface area (Å²) < 4.78 is 0. The molecular formula is C20H39ClN2O6. The number of nitrogens with two attached hydrogens (primary N) is 1. The van der Waals surface area contributed by atoms with Crippen molar-refractivity contribution in [1.29, 1.82) is 0 Å². The summed E-state index contributed by atoms with van der Waals surface area (Å²) in [7, 11) is 0. The van der Waals surface area contributed by atoms with Crippen LogP contribution in [0, 0.1) is 0 Å². The van der Waals surface area contributed by atoms with Crippen molar-refractivity contribution >= 4 is 34.7 Å². The summed E-state index contributed by atoms with van der Waals surface area (Å²) in [6, 6.07) is 0. The van der Waals surface area contributed by atoms with Crippen LogP contribution in [0.2, 0.25) is 0 Å². The third-order valence-corrected chi connectivity index (χ3v) is 3.85. The van der Waals surface area contributed by atoms with Crippen LogP contribution in [0.15, 0.2) is 0 Å². The molecule has 0 rings (SSSR count). The van der Waals surface area contributed by atoms with Gasteiger partial charge in [0.05, 0.1) is 0 Å². The first-order valence-corrected chi connectivity index (χ1v) is 10.7. The van der Waals surface area contributed by atoms with Crippen LogP contribution in [-0.2, 0) is 19.2 Å². The number of carboxylic acid groups (broad SMARTS) is 2. The number of aliphatic carboxylic acids is 2. The zero-order chi connectivity index (χ0) is 22.9. The lowest BCUT2D eigenvalue weighted by Gasteiger charge is -2.02. The molecule has 0 saturated carbocycles. The van der Waals surface area contributed by atoms with Crippen LogP contribution in [0.3, 0.4) is 0 Å². The highest BCUT2D eigenvalue weighted by Gasteiger charge is 1.97. The molecule has 0 aromatic heterocycles. The molecule has 0 unspecified atom stereocenters. The van der Waals surface area contributed by atoms with Crippen molar-refractivity contribution in [2.75, 3.05) is 13.1 Å². The van der Waals surface area contributed by atoms with Crippen LogP contribution in [0.4, 0.5) is 0 Å². The van der Waals surface area contributed by atoms with Gasteiger partial charge in [-0.15, -0.1) is 0 Å². The van der Waals surface area contributed by atoms with E-state index in [0.29, 0.717) is 32.4 Å². The minimum atomic E-state index is -0.732. The van der Waals surface area contributed by atoms with Crippen molar-refractivity contribution in [1.82, 2.24) is 5.32 Å². The molecule has 29 heavy (non-hydrogen) atoms. The third-order valence-electron chi connectivity index (χ3n) is 3.58. The van der Waals surface area contributed by atoms with Gasteiger partial charge < -0.3 is 21.3 Å². The van der Waals surface area contributed by atoms with Gasteiger partial charge in [0.2, 0.25) is 11.1 Å². The number of hydrogen-bond acceptors (Lipinski definition) is 5. The zero-order valence-electron chi connectivity index (χ0n) is 17.9. The Bertz CT molecular complexity index is 433. The van der Waals surface area contributed by atoms with Crippen LogP contribution < -0.4 is 11.1 Å². The van der Waals surface area contributed by atoms with Crippen LogP contribution in [-0.4, -0.2) is 46.4 Å². The smallest absolute Gasteiger partial charge is 0.303 e. The Morgan fingerprint density at radius 3 is 1.52 bits per heavy atom. The number of halogens is 1. The molecule has 5 N–H and O–H groups in total. The Kier molecular flexibility index (Phi) is 29.1. The van der Waals surface area contributed by atoms with E-state index < -0.39 is 11.9 Å². The first kappa shape index (κ1) is 32.0. The number of rotatable bonds is 15. The fourth-order valence-corrected chi connectivity index (χ4v) is 1.88. The normalized spacial score (nSPS) is 9.38. The average Bonchev–Trinajstić information content (AvgIpc) is 2.67. The first-order chi connectivity index (χ1) is 13.7. The topological polar surface area (TPSA) is 147 Å². The monoisotopic (exact) mass is 438 g/mol. The maximum atomic E-state index is 10.8. The number of hydrogen-bond donors (Lipinski definition) is 4. The minimum Gasteiger partial charge on any atom is -0.481 e. The highest BCUT2D eigenvalue weighted by molar-refractivity contribution is 6.63. The lowest BCUT2D eigenvalue weighted by atomic mass is 10.1. The van der Waals surface area contributed by atoms with Crippen LogP contribution >= 0.6 is 11.6 Å². The van der Waals surface area contributed by atoms with Gasteiger partial charge in [0.25, 0.3) is 0 Å². The maximum absolute atomic E-state index is 10.8. The number of unbranched alkanes of at least 4 members (excludes halogenated alkanes) is 6. The predicted octanol–water partition coefficient (Wildman–Crippen LogP) is 3.69. The summed E-state index contributed by atoms with van der Waals surface area (Å²) in [6.07, 6.45) is 8.93. The second-order valence-electron chi connectivity index (χ2n) is 6.32. The summed E-state index contributed by atoms with van der Waals surface area (Å²) in [5.74, 6) is -1.35. The molecule has 0 spiro atoms. The van der Waals surface area contributed by atoms with E-state index >= 15 is 0 Å². The van der Waals surface area contributed by atoms with Gasteiger partial charge in [0.15, 0.2) is 0 Å². The number of nitrogens with one attached hydrogen (secondary N) is 1. The largest absolute Gasteiger partial charge is 0.481 e. The van der Waals surface area contributed by atoms with E-state index in [0.717, 1.165) is 51.4 Å². The van der Waals surface area contributed by atoms with Gasteiger partial charge in [-0.05, 0) is 43.8 Å². The van der Waals surface area contributed by atoms with Gasteiger partial charge in [0.1, 0.15) is 0 Å². The minimum absolute atomic E-state index is 0.0792. The van der Waals surface area contributed by atoms with Gasteiger partial charge in [0, 0.05) is 32.2 Å². The Labute approximate surface area is 179 Å². The zero-order valence-corrected chi connectivity index (χ0v) is 18.6. The van der Waals surface area contributed by atoms with Crippen molar-refractivity contribution in [3.8, 4) is 0 Å². The van der Waals surface area contributed by atoms with E-state index in [4.69, 9.17) is 27.5 Å². The van der Waals surface area contributed by atoms with Gasteiger partial charge >= 0.3 is 11.9 Å². The second kappa shape index (κ2) is 26.3. The number of amides is 1. The van der Waals surface area contributed by atoms with Gasteiger partial charge in [-0.3, -0.25) is 19.2 Å². The quantitative estimate of drug-likeness (QED) is 0.225. The number of carboxylic acids is 2. The van der Waals surface area contributed by atoms with E-state index in [-0.39, 0.29) is 17.6 Å². The average molecular weight is 439 g/mol. The molecule has 0 radical (unpaired) electrons. The molecule has 0 aliphatic heterocycles. The van der Waals surface area contributed by atoms with Gasteiger partial charge in [-0.25, -0.2) is 0 Å². The van der Waals surface area contributed by atoms with E-state index in [9.17, 15) is 19.2 Å². The Hall–Kier alpha value is -1.67. The van der Waals surface area contributed by atoms with Crippen molar-refractivity contribution < 1.29 is 29.4 Å². The fraction of sp³-hybridized carbons (Fsp3) is 0.800. The lowest BCUT2D eigenvalue weighted by molar-refractivity contribution is -0.138. The SMILES string of the molecule is CCC(=O)Cl.CCC(=O)NCCCCCCC(=O)O.NCCCCCCC(=O)O. The van der Waals surface area contributed by atoms with Gasteiger partial charge in [-0.1, -0.05) is 39.5 Å². The van der Waals surface area contributed by atoms with E-state index in [1.54, 1.807) is 6.92 Å². The third kappa shape index (κ3) is 41.7. The Morgan fingerprint density at radius 1 is 0.759 bits per heavy atom. The Morgan fingerprint density at radius 2 is 1.17 bits per heavy atom. The molecule has 8 nitrogen and oxygen atoms in total. The predicted molar refractivity (Wildman–Crippen MR) is 115 cm³/mol. The highest BCUT2D eigenvalue weighted by atomic mass is 35.5. The molecule has 0 atom stereocenters. The molecule has 0 aliphatic rings. The van der Waals surface area contributed by atoms with E-state index in [1.807, 2.05) is 6.92 Å². The second-order valence-corrected chi connectivity index (χ2v) is 6.74. The molecule has 172 valence electrons. The molecule has 0 bridgehead atoms. The summed E-state index contributed by atoms with van der Waals surface area (Å²) in [4.78, 5) is 40.5. The molecule has 0 aliphatic carbocycles.